The van der Waals surface area contributed by atoms with Gasteiger partial charge in [0.1, 0.15) is 5.69 Å². The number of nitrogens with one attached hydrogen (secondary N) is 1. The van der Waals surface area contributed by atoms with Crippen LogP contribution in [-0.2, 0) is 0 Å². The van der Waals surface area contributed by atoms with Gasteiger partial charge in [-0.2, -0.15) is 11.8 Å². The average Bonchev–Trinajstić information content (AvgIpc) is 2.37. The van der Waals surface area contributed by atoms with E-state index in [0.29, 0.717) is 12.2 Å². The number of thioether (sulfide) groups is 1. The zero-order valence-electron chi connectivity index (χ0n) is 11.0. The molecule has 1 aromatic carbocycles. The fraction of sp³-hybridized carbons (Fsp3) is 0.500. The molecule has 0 amide bonds. The Morgan fingerprint density at radius 1 is 1.30 bits per heavy atom. The van der Waals surface area contributed by atoms with Gasteiger partial charge in [0.15, 0.2) is 0 Å². The van der Waals surface area contributed by atoms with Crippen molar-refractivity contribution in [1.82, 2.24) is 0 Å². The molecule has 8 heteroatoms. The molecule has 0 unspecified atom stereocenters. The third-order valence-electron chi connectivity index (χ3n) is 3.69. The van der Waals surface area contributed by atoms with Crippen molar-refractivity contribution < 1.29 is 9.85 Å². The molecule has 0 bridgehead atoms. The summed E-state index contributed by atoms with van der Waals surface area (Å²) >= 11 is 1.76. The number of benzene rings is 1. The van der Waals surface area contributed by atoms with Gasteiger partial charge in [-0.25, -0.2) is 0 Å². The molecule has 7 nitrogen and oxygen atoms in total. The summed E-state index contributed by atoms with van der Waals surface area (Å²) in [4.78, 5) is 20.4. The zero-order valence-corrected chi connectivity index (χ0v) is 11.8. The van der Waals surface area contributed by atoms with E-state index in [4.69, 9.17) is 0 Å². The lowest BCUT2D eigenvalue weighted by Crippen LogP contribution is -2.40. The maximum Gasteiger partial charge on any atom is 0.299 e. The maximum absolute atomic E-state index is 11.0. The van der Waals surface area contributed by atoms with E-state index in [1.54, 1.807) is 11.8 Å². The number of nitro benzene ring substituents is 2. The number of hydrogen-bond donors (Lipinski definition) is 1. The fourth-order valence-corrected chi connectivity index (χ4v) is 3.13. The first kappa shape index (κ1) is 14.6. The van der Waals surface area contributed by atoms with Gasteiger partial charge in [-0.1, -0.05) is 6.42 Å². The van der Waals surface area contributed by atoms with Crippen molar-refractivity contribution in [3.63, 3.8) is 0 Å². The van der Waals surface area contributed by atoms with Crippen molar-refractivity contribution in [3.8, 4) is 0 Å². The largest absolute Gasteiger partial charge is 0.378 e. The topological polar surface area (TPSA) is 98.3 Å². The summed E-state index contributed by atoms with van der Waals surface area (Å²) in [5, 5.41) is 24.7. The Morgan fingerprint density at radius 3 is 2.45 bits per heavy atom. The van der Waals surface area contributed by atoms with Crippen molar-refractivity contribution in [2.24, 2.45) is 0 Å². The van der Waals surface area contributed by atoms with E-state index in [1.165, 1.54) is 18.6 Å². The summed E-state index contributed by atoms with van der Waals surface area (Å²) < 4.78 is 0.135. The predicted molar refractivity (Wildman–Crippen MR) is 78.3 cm³/mol. The summed E-state index contributed by atoms with van der Waals surface area (Å²) in [5.74, 6) is 0. The van der Waals surface area contributed by atoms with Gasteiger partial charge in [0.2, 0.25) is 0 Å². The lowest BCUT2D eigenvalue weighted by Gasteiger charge is -2.40. The van der Waals surface area contributed by atoms with Crippen LogP contribution in [0.2, 0.25) is 0 Å². The quantitative estimate of drug-likeness (QED) is 0.639. The molecule has 1 N–H and O–H groups in total. The van der Waals surface area contributed by atoms with E-state index in [1.807, 2.05) is 6.26 Å². The molecule has 1 aliphatic carbocycles. The Morgan fingerprint density at radius 2 is 2.00 bits per heavy atom. The number of nitro groups is 2. The summed E-state index contributed by atoms with van der Waals surface area (Å²) in [6, 6.07) is 3.68. The Balaban J connectivity index is 2.18. The number of non-ortho nitro benzene ring substituents is 1. The highest BCUT2D eigenvalue weighted by molar-refractivity contribution is 8.00. The van der Waals surface area contributed by atoms with Crippen LogP contribution in [0.3, 0.4) is 0 Å². The zero-order chi connectivity index (χ0) is 14.8. The number of anilines is 1. The summed E-state index contributed by atoms with van der Waals surface area (Å²) in [5.41, 5.74) is -0.193. The van der Waals surface area contributed by atoms with Crippen molar-refractivity contribution in [2.75, 3.05) is 18.1 Å². The molecule has 0 saturated heterocycles. The summed E-state index contributed by atoms with van der Waals surface area (Å²) in [6.45, 7) is 0.632. The second kappa shape index (κ2) is 5.66. The molecule has 0 atom stereocenters. The van der Waals surface area contributed by atoms with Gasteiger partial charge in [0.25, 0.3) is 11.4 Å². The molecule has 0 aromatic heterocycles. The SMILES string of the molecule is CSC1(CNc2ccc([N+](=O)[O-])cc2[N+](=O)[O-])CCC1. The molecule has 0 heterocycles. The summed E-state index contributed by atoms with van der Waals surface area (Å²) in [7, 11) is 0. The van der Waals surface area contributed by atoms with Crippen LogP contribution in [0.1, 0.15) is 19.3 Å². The Hall–Kier alpha value is -1.83. The second-order valence-corrected chi connectivity index (χ2v) is 6.08. The van der Waals surface area contributed by atoms with E-state index in [2.05, 4.69) is 5.32 Å². The molecular weight excluding hydrogens is 282 g/mol. The molecule has 0 aliphatic heterocycles. The first-order chi connectivity index (χ1) is 9.47. The van der Waals surface area contributed by atoms with Crippen molar-refractivity contribution >= 4 is 28.8 Å². The number of nitrogens with zero attached hydrogens (tertiary/aromatic N) is 2. The number of rotatable bonds is 6. The van der Waals surface area contributed by atoms with Crippen molar-refractivity contribution in [3.05, 3.63) is 38.4 Å². The lowest BCUT2D eigenvalue weighted by molar-refractivity contribution is -0.393. The molecule has 1 fully saturated rings. The minimum Gasteiger partial charge on any atom is -0.378 e. The normalized spacial score (nSPS) is 16.2. The minimum atomic E-state index is -0.633. The Bertz CT molecular complexity index is 540. The monoisotopic (exact) mass is 297 g/mol. The van der Waals surface area contributed by atoms with E-state index >= 15 is 0 Å². The van der Waals surface area contributed by atoms with Gasteiger partial charge < -0.3 is 5.32 Å². The van der Waals surface area contributed by atoms with Crippen LogP contribution in [0.25, 0.3) is 0 Å². The summed E-state index contributed by atoms with van der Waals surface area (Å²) in [6.07, 6.45) is 5.37. The smallest absolute Gasteiger partial charge is 0.299 e. The van der Waals surface area contributed by atoms with E-state index < -0.39 is 9.85 Å². The molecular formula is C12H15N3O4S. The van der Waals surface area contributed by atoms with E-state index in [0.717, 1.165) is 18.9 Å². The minimum absolute atomic E-state index is 0.135. The van der Waals surface area contributed by atoms with Gasteiger partial charge in [0, 0.05) is 17.4 Å². The van der Waals surface area contributed by atoms with Crippen molar-refractivity contribution in [2.45, 2.75) is 24.0 Å². The van der Waals surface area contributed by atoms with Crippen molar-refractivity contribution in [1.29, 1.82) is 0 Å². The Labute approximate surface area is 120 Å². The molecule has 2 rings (SSSR count). The van der Waals surface area contributed by atoms with E-state index in [9.17, 15) is 20.2 Å². The van der Waals surface area contributed by atoms with Gasteiger partial charge >= 0.3 is 0 Å². The number of hydrogen-bond acceptors (Lipinski definition) is 6. The van der Waals surface area contributed by atoms with Gasteiger partial charge in [0.05, 0.1) is 15.9 Å². The highest BCUT2D eigenvalue weighted by Crippen LogP contribution is 2.43. The van der Waals surface area contributed by atoms with Crippen LogP contribution >= 0.6 is 11.8 Å². The molecule has 1 aromatic rings. The Kier molecular flexibility index (Phi) is 4.12. The molecule has 20 heavy (non-hydrogen) atoms. The maximum atomic E-state index is 11.0. The first-order valence-corrected chi connectivity index (χ1v) is 7.42. The molecule has 1 saturated carbocycles. The molecule has 108 valence electrons. The average molecular weight is 297 g/mol. The third-order valence-corrected chi connectivity index (χ3v) is 5.11. The highest BCUT2D eigenvalue weighted by atomic mass is 32.2. The van der Waals surface area contributed by atoms with Crippen LogP contribution < -0.4 is 5.32 Å². The molecule has 1 aliphatic rings. The van der Waals surface area contributed by atoms with E-state index in [-0.39, 0.29) is 16.1 Å². The standard InChI is InChI=1S/C12H15N3O4S/c1-20-12(5-2-6-12)8-13-10-4-3-9(14(16)17)7-11(10)15(18)19/h3-4,7,13H,2,5-6,8H2,1H3. The van der Waals surface area contributed by atoms with Gasteiger partial charge in [-0.05, 0) is 25.2 Å². The third kappa shape index (κ3) is 2.84. The molecule has 0 spiro atoms. The second-order valence-electron chi connectivity index (χ2n) is 4.81. The van der Waals surface area contributed by atoms with Gasteiger partial charge in [-0.3, -0.25) is 20.2 Å². The first-order valence-electron chi connectivity index (χ1n) is 6.19. The van der Waals surface area contributed by atoms with Crippen LogP contribution in [0, 0.1) is 20.2 Å². The lowest BCUT2D eigenvalue weighted by atomic mass is 9.84. The van der Waals surface area contributed by atoms with Crippen LogP contribution in [0.4, 0.5) is 17.1 Å². The van der Waals surface area contributed by atoms with Crippen LogP contribution in [0.15, 0.2) is 18.2 Å². The predicted octanol–water partition coefficient (Wildman–Crippen LogP) is 3.20. The van der Waals surface area contributed by atoms with Crippen LogP contribution in [-0.4, -0.2) is 27.4 Å². The molecule has 0 radical (unpaired) electrons. The highest BCUT2D eigenvalue weighted by Gasteiger charge is 2.36. The van der Waals surface area contributed by atoms with Crippen LogP contribution in [0.5, 0.6) is 0 Å². The van der Waals surface area contributed by atoms with Gasteiger partial charge in [-0.15, -0.1) is 0 Å². The fourth-order valence-electron chi connectivity index (χ4n) is 2.21.